The molecular weight excluding hydrogens is 246 g/mol. The summed E-state index contributed by atoms with van der Waals surface area (Å²) >= 11 is 0. The maximum Gasteiger partial charge on any atom is 0.220 e. The van der Waals surface area contributed by atoms with Crippen LogP contribution in [0.3, 0.4) is 0 Å². The third-order valence-corrected chi connectivity index (χ3v) is 3.34. The van der Waals surface area contributed by atoms with Crippen LogP contribution in [0.1, 0.15) is 23.1 Å². The molecule has 0 atom stereocenters. The molecule has 0 aliphatic carbocycles. The second-order valence-corrected chi connectivity index (χ2v) is 5.07. The van der Waals surface area contributed by atoms with E-state index in [-0.39, 0.29) is 5.91 Å². The van der Waals surface area contributed by atoms with Crippen LogP contribution >= 0.6 is 0 Å². The van der Waals surface area contributed by atoms with Crippen molar-refractivity contribution in [3.05, 3.63) is 71.3 Å². The molecule has 2 aromatic carbocycles. The SMILES string of the molecule is Cc1ccc(CCNC(=O)CCc2ccccc2)cc1. The molecule has 0 bridgehead atoms. The fourth-order valence-corrected chi connectivity index (χ4v) is 2.09. The molecule has 2 rings (SSSR count). The Balaban J connectivity index is 1.66. The zero-order valence-electron chi connectivity index (χ0n) is 11.9. The summed E-state index contributed by atoms with van der Waals surface area (Å²) in [4.78, 5) is 11.7. The van der Waals surface area contributed by atoms with Crippen molar-refractivity contribution in [3.63, 3.8) is 0 Å². The van der Waals surface area contributed by atoms with Crippen LogP contribution < -0.4 is 5.32 Å². The first-order chi connectivity index (χ1) is 9.74. The zero-order valence-corrected chi connectivity index (χ0v) is 11.9. The molecule has 0 aliphatic rings. The average Bonchev–Trinajstić information content (AvgIpc) is 2.48. The minimum atomic E-state index is 0.126. The van der Waals surface area contributed by atoms with Crippen molar-refractivity contribution in [1.29, 1.82) is 0 Å². The molecule has 0 saturated heterocycles. The van der Waals surface area contributed by atoms with Crippen molar-refractivity contribution in [3.8, 4) is 0 Å². The van der Waals surface area contributed by atoms with Crippen LogP contribution in [-0.4, -0.2) is 12.5 Å². The predicted octanol–water partition coefficient (Wildman–Crippen LogP) is 3.29. The van der Waals surface area contributed by atoms with Gasteiger partial charge in [-0.3, -0.25) is 4.79 Å². The van der Waals surface area contributed by atoms with Crippen molar-refractivity contribution in [1.82, 2.24) is 5.32 Å². The Morgan fingerprint density at radius 2 is 1.55 bits per heavy atom. The number of aryl methyl sites for hydroxylation is 2. The van der Waals surface area contributed by atoms with Gasteiger partial charge in [-0.1, -0.05) is 60.2 Å². The highest BCUT2D eigenvalue weighted by Gasteiger charge is 2.01. The Morgan fingerprint density at radius 1 is 0.900 bits per heavy atom. The van der Waals surface area contributed by atoms with Crippen molar-refractivity contribution >= 4 is 5.91 Å². The van der Waals surface area contributed by atoms with Crippen LogP contribution in [0.2, 0.25) is 0 Å². The highest BCUT2D eigenvalue weighted by molar-refractivity contribution is 5.76. The average molecular weight is 267 g/mol. The summed E-state index contributed by atoms with van der Waals surface area (Å²) in [7, 11) is 0. The molecule has 2 aromatic rings. The standard InChI is InChI=1S/C18H21NO/c1-15-7-9-17(10-8-15)13-14-19-18(20)12-11-16-5-3-2-4-6-16/h2-10H,11-14H2,1H3,(H,19,20). The minimum absolute atomic E-state index is 0.126. The number of carbonyl (C=O) groups excluding carboxylic acids is 1. The second-order valence-electron chi connectivity index (χ2n) is 5.07. The van der Waals surface area contributed by atoms with Crippen LogP contribution in [0, 0.1) is 6.92 Å². The summed E-state index contributed by atoms with van der Waals surface area (Å²) in [6, 6.07) is 18.6. The molecule has 0 heterocycles. The van der Waals surface area contributed by atoms with Crippen molar-refractivity contribution in [2.24, 2.45) is 0 Å². The van der Waals surface area contributed by atoms with Crippen molar-refractivity contribution in [2.75, 3.05) is 6.54 Å². The van der Waals surface area contributed by atoms with Gasteiger partial charge >= 0.3 is 0 Å². The van der Waals surface area contributed by atoms with Gasteiger partial charge in [-0.05, 0) is 30.9 Å². The van der Waals surface area contributed by atoms with Gasteiger partial charge in [0.05, 0.1) is 0 Å². The predicted molar refractivity (Wildman–Crippen MR) is 82.7 cm³/mol. The molecule has 2 nitrogen and oxygen atoms in total. The lowest BCUT2D eigenvalue weighted by molar-refractivity contribution is -0.121. The van der Waals surface area contributed by atoms with Gasteiger partial charge in [-0.25, -0.2) is 0 Å². The Labute approximate surface area is 120 Å². The van der Waals surface area contributed by atoms with Crippen LogP contribution in [0.25, 0.3) is 0 Å². The van der Waals surface area contributed by atoms with Crippen LogP contribution in [-0.2, 0) is 17.6 Å². The number of rotatable bonds is 6. The minimum Gasteiger partial charge on any atom is -0.356 e. The normalized spacial score (nSPS) is 10.2. The second kappa shape index (κ2) is 7.49. The largest absolute Gasteiger partial charge is 0.356 e. The Bertz CT molecular complexity index is 531. The summed E-state index contributed by atoms with van der Waals surface area (Å²) in [6.07, 6.45) is 2.24. The molecule has 0 fully saturated rings. The van der Waals surface area contributed by atoms with E-state index in [0.29, 0.717) is 13.0 Å². The van der Waals surface area contributed by atoms with E-state index in [2.05, 4.69) is 48.6 Å². The first kappa shape index (κ1) is 14.3. The molecule has 0 aromatic heterocycles. The number of carbonyl (C=O) groups is 1. The fraction of sp³-hybridized carbons (Fsp3) is 0.278. The van der Waals surface area contributed by atoms with Gasteiger partial charge in [0.25, 0.3) is 0 Å². The van der Waals surface area contributed by atoms with Gasteiger partial charge in [-0.15, -0.1) is 0 Å². The van der Waals surface area contributed by atoms with E-state index in [1.54, 1.807) is 0 Å². The summed E-state index contributed by atoms with van der Waals surface area (Å²) < 4.78 is 0. The third kappa shape index (κ3) is 4.88. The highest BCUT2D eigenvalue weighted by Crippen LogP contribution is 2.04. The molecular formula is C18H21NO. The van der Waals surface area contributed by atoms with Gasteiger partial charge in [0.1, 0.15) is 0 Å². The van der Waals surface area contributed by atoms with E-state index in [4.69, 9.17) is 0 Å². The summed E-state index contributed by atoms with van der Waals surface area (Å²) in [5, 5.41) is 2.98. The van der Waals surface area contributed by atoms with E-state index in [1.807, 2.05) is 18.2 Å². The van der Waals surface area contributed by atoms with Crippen molar-refractivity contribution < 1.29 is 4.79 Å². The van der Waals surface area contributed by atoms with Crippen LogP contribution in [0.5, 0.6) is 0 Å². The van der Waals surface area contributed by atoms with Gasteiger partial charge in [0.2, 0.25) is 5.91 Å². The molecule has 0 radical (unpaired) electrons. The molecule has 1 N–H and O–H groups in total. The number of benzene rings is 2. The summed E-state index contributed by atoms with van der Waals surface area (Å²) in [5.41, 5.74) is 3.74. The lowest BCUT2D eigenvalue weighted by atomic mass is 10.1. The molecule has 104 valence electrons. The van der Waals surface area contributed by atoms with E-state index >= 15 is 0 Å². The van der Waals surface area contributed by atoms with Gasteiger partial charge in [0.15, 0.2) is 0 Å². The van der Waals surface area contributed by atoms with E-state index in [1.165, 1.54) is 16.7 Å². The van der Waals surface area contributed by atoms with E-state index < -0.39 is 0 Å². The molecule has 0 spiro atoms. The molecule has 0 saturated carbocycles. The monoisotopic (exact) mass is 267 g/mol. The Hall–Kier alpha value is -2.09. The number of amides is 1. The first-order valence-electron chi connectivity index (χ1n) is 7.10. The van der Waals surface area contributed by atoms with Crippen LogP contribution in [0.4, 0.5) is 0 Å². The lowest BCUT2D eigenvalue weighted by Gasteiger charge is -2.06. The van der Waals surface area contributed by atoms with Crippen LogP contribution in [0.15, 0.2) is 54.6 Å². The fourth-order valence-electron chi connectivity index (χ4n) is 2.09. The highest BCUT2D eigenvalue weighted by atomic mass is 16.1. The molecule has 1 amide bonds. The number of hydrogen-bond donors (Lipinski definition) is 1. The topological polar surface area (TPSA) is 29.1 Å². The van der Waals surface area contributed by atoms with E-state index in [9.17, 15) is 4.79 Å². The maximum absolute atomic E-state index is 11.7. The van der Waals surface area contributed by atoms with Gasteiger partial charge < -0.3 is 5.32 Å². The Morgan fingerprint density at radius 3 is 2.25 bits per heavy atom. The molecule has 20 heavy (non-hydrogen) atoms. The molecule has 2 heteroatoms. The van der Waals surface area contributed by atoms with Crippen molar-refractivity contribution in [2.45, 2.75) is 26.2 Å². The lowest BCUT2D eigenvalue weighted by Crippen LogP contribution is -2.25. The summed E-state index contributed by atoms with van der Waals surface area (Å²) in [5.74, 6) is 0.126. The number of nitrogens with one attached hydrogen (secondary N) is 1. The number of hydrogen-bond acceptors (Lipinski definition) is 1. The van der Waals surface area contributed by atoms with Gasteiger partial charge in [-0.2, -0.15) is 0 Å². The molecule has 0 unspecified atom stereocenters. The quantitative estimate of drug-likeness (QED) is 0.855. The molecule has 0 aliphatic heterocycles. The Kier molecular flexibility index (Phi) is 5.36. The van der Waals surface area contributed by atoms with Gasteiger partial charge in [0, 0.05) is 13.0 Å². The zero-order chi connectivity index (χ0) is 14.2. The van der Waals surface area contributed by atoms with E-state index in [0.717, 1.165) is 12.8 Å². The third-order valence-electron chi connectivity index (χ3n) is 3.34. The summed E-state index contributed by atoms with van der Waals surface area (Å²) in [6.45, 7) is 2.78. The maximum atomic E-state index is 11.7. The smallest absolute Gasteiger partial charge is 0.220 e. The first-order valence-corrected chi connectivity index (χ1v) is 7.10.